The van der Waals surface area contributed by atoms with Crippen molar-refractivity contribution in [3.63, 3.8) is 0 Å². The van der Waals surface area contributed by atoms with Gasteiger partial charge in [-0.25, -0.2) is 4.52 Å². The minimum atomic E-state index is 0.154. The molecule has 1 fully saturated rings. The van der Waals surface area contributed by atoms with E-state index < -0.39 is 0 Å². The van der Waals surface area contributed by atoms with Crippen LogP contribution in [0, 0.1) is 6.92 Å². The van der Waals surface area contributed by atoms with E-state index in [2.05, 4.69) is 42.9 Å². The lowest BCUT2D eigenvalue weighted by atomic mass is 10.1. The zero-order valence-electron chi connectivity index (χ0n) is 20.0. The quantitative estimate of drug-likeness (QED) is 0.329. The molecule has 1 aromatic carbocycles. The molecule has 1 saturated heterocycles. The van der Waals surface area contributed by atoms with Gasteiger partial charge in [-0.15, -0.1) is 11.8 Å². The van der Waals surface area contributed by atoms with Crippen LogP contribution in [-0.2, 0) is 4.74 Å². The van der Waals surface area contributed by atoms with Gasteiger partial charge in [-0.3, -0.25) is 4.48 Å². The van der Waals surface area contributed by atoms with Crippen LogP contribution in [0.15, 0.2) is 35.4 Å². The van der Waals surface area contributed by atoms with Crippen molar-refractivity contribution >= 4 is 23.0 Å². The maximum atomic E-state index is 6.23. The zero-order chi connectivity index (χ0) is 22.9. The molecule has 7 heteroatoms. The number of aryl methyl sites for hydroxylation is 1. The molecule has 0 aliphatic carbocycles. The van der Waals surface area contributed by atoms with E-state index in [1.54, 1.807) is 26.0 Å². The van der Waals surface area contributed by atoms with E-state index in [0.29, 0.717) is 0 Å². The monoisotopic (exact) mass is 456 g/mol. The van der Waals surface area contributed by atoms with Crippen LogP contribution in [0.25, 0.3) is 16.8 Å². The van der Waals surface area contributed by atoms with Crippen LogP contribution in [0.3, 0.4) is 0 Å². The number of hydrogen-bond acceptors (Lipinski definition) is 5. The summed E-state index contributed by atoms with van der Waals surface area (Å²) in [6, 6.07) is 10.4. The summed E-state index contributed by atoms with van der Waals surface area (Å²) in [6.07, 6.45) is 5.51. The van der Waals surface area contributed by atoms with E-state index in [9.17, 15) is 0 Å². The predicted molar refractivity (Wildman–Crippen MR) is 132 cm³/mol. The fourth-order valence-electron chi connectivity index (χ4n) is 5.01. The van der Waals surface area contributed by atoms with E-state index in [1.165, 1.54) is 5.69 Å². The minimum absolute atomic E-state index is 0.154. The van der Waals surface area contributed by atoms with Crippen LogP contribution in [0.1, 0.15) is 31.7 Å². The number of pyridine rings is 1. The third kappa shape index (κ3) is 3.76. The standard InChI is InChI=1S/C25H34N3O3S/c1-7-13-28(3,22-12-9-14-31-22)24-19-11-8-10-18(27(19)26-25(24)32-6)23-20(29-4)15-17(2)16-21(23)30-5/h8,10-11,15-16,22H,7,9,12-14H2,1-6H3/q+1. The van der Waals surface area contributed by atoms with Crippen LogP contribution in [0.2, 0.25) is 0 Å². The molecule has 2 aromatic heterocycles. The number of hydrogen-bond donors (Lipinski definition) is 0. The van der Waals surface area contributed by atoms with Crippen molar-refractivity contribution in [2.45, 2.75) is 44.4 Å². The van der Waals surface area contributed by atoms with Crippen molar-refractivity contribution in [2.24, 2.45) is 0 Å². The van der Waals surface area contributed by atoms with Gasteiger partial charge in [-0.1, -0.05) is 13.0 Å². The molecule has 0 saturated carbocycles. The third-order valence-electron chi connectivity index (χ3n) is 6.44. The number of thioether (sulfide) groups is 1. The predicted octanol–water partition coefficient (Wildman–Crippen LogP) is 5.53. The average molecular weight is 457 g/mol. The lowest BCUT2D eigenvalue weighted by molar-refractivity contribution is -0.000992. The minimum Gasteiger partial charge on any atom is -0.496 e. The summed E-state index contributed by atoms with van der Waals surface area (Å²) in [7, 11) is 5.70. The number of benzene rings is 1. The molecule has 1 aliphatic heterocycles. The van der Waals surface area contributed by atoms with Crippen LogP contribution < -0.4 is 14.0 Å². The highest BCUT2D eigenvalue weighted by Crippen LogP contribution is 2.44. The maximum Gasteiger partial charge on any atom is 0.197 e. The maximum absolute atomic E-state index is 6.23. The van der Waals surface area contributed by atoms with Crippen LogP contribution >= 0.6 is 11.8 Å². The number of fused-ring (bicyclic) bond motifs is 1. The zero-order valence-corrected chi connectivity index (χ0v) is 20.8. The Balaban J connectivity index is 2.00. The first-order valence-corrected chi connectivity index (χ1v) is 12.5. The summed E-state index contributed by atoms with van der Waals surface area (Å²) in [5, 5.41) is 6.13. The number of ether oxygens (including phenoxy) is 3. The van der Waals surface area contributed by atoms with Crippen molar-refractivity contribution in [3.8, 4) is 22.8 Å². The van der Waals surface area contributed by atoms with Crippen LogP contribution in [0.5, 0.6) is 11.5 Å². The summed E-state index contributed by atoms with van der Waals surface area (Å²) in [4.78, 5) is 0. The van der Waals surface area contributed by atoms with Crippen molar-refractivity contribution < 1.29 is 14.2 Å². The lowest BCUT2D eigenvalue weighted by Crippen LogP contribution is -2.54. The van der Waals surface area contributed by atoms with E-state index in [0.717, 1.165) is 75.8 Å². The molecular weight excluding hydrogens is 422 g/mol. The Kier molecular flexibility index (Phi) is 6.70. The van der Waals surface area contributed by atoms with Crippen LogP contribution in [0.4, 0.5) is 5.69 Å². The lowest BCUT2D eigenvalue weighted by Gasteiger charge is -2.38. The second-order valence-electron chi connectivity index (χ2n) is 8.57. The summed E-state index contributed by atoms with van der Waals surface area (Å²) < 4.78 is 20.6. The largest absolute Gasteiger partial charge is 0.496 e. The molecule has 0 N–H and O–H groups in total. The molecular formula is C25H34N3O3S+. The van der Waals surface area contributed by atoms with Crippen molar-refractivity contribution in [1.82, 2.24) is 14.1 Å². The third-order valence-corrected chi connectivity index (χ3v) is 7.10. The van der Waals surface area contributed by atoms with Gasteiger partial charge >= 0.3 is 0 Å². The Bertz CT molecular complexity index is 1080. The SMILES string of the molecule is CCC[N+](C)(c1c(SC)nn2c(-c3c(OC)cc(C)cc3OC)cccc12)C1CCCO1. The van der Waals surface area contributed by atoms with Crippen molar-refractivity contribution in [3.05, 3.63) is 35.9 Å². The number of methoxy groups -OCH3 is 2. The van der Waals surface area contributed by atoms with Gasteiger partial charge in [0.25, 0.3) is 0 Å². The first kappa shape index (κ1) is 23.0. The molecule has 3 heterocycles. The fourth-order valence-corrected chi connectivity index (χ4v) is 5.68. The Labute approximate surface area is 195 Å². The fraction of sp³-hybridized carbons (Fsp3) is 0.480. The second kappa shape index (κ2) is 9.33. The molecule has 32 heavy (non-hydrogen) atoms. The molecule has 2 atom stereocenters. The summed E-state index contributed by atoms with van der Waals surface area (Å²) in [5.74, 6) is 1.56. The first-order valence-electron chi connectivity index (χ1n) is 11.2. The van der Waals surface area contributed by atoms with Gasteiger partial charge in [0, 0.05) is 6.42 Å². The Morgan fingerprint density at radius 1 is 1.22 bits per heavy atom. The summed E-state index contributed by atoms with van der Waals surface area (Å²) in [5.41, 5.74) is 5.29. The van der Waals surface area contributed by atoms with Gasteiger partial charge in [-0.05, 0) is 55.9 Å². The molecule has 2 unspecified atom stereocenters. The molecule has 0 bridgehead atoms. The van der Waals surface area contributed by atoms with E-state index >= 15 is 0 Å². The number of quaternary nitrogens is 1. The molecule has 4 rings (SSSR count). The van der Waals surface area contributed by atoms with E-state index in [1.807, 2.05) is 19.1 Å². The molecule has 172 valence electrons. The molecule has 6 nitrogen and oxygen atoms in total. The van der Waals surface area contributed by atoms with E-state index in [-0.39, 0.29) is 6.23 Å². The Morgan fingerprint density at radius 2 is 1.94 bits per heavy atom. The van der Waals surface area contributed by atoms with Gasteiger partial charge in [0.2, 0.25) is 0 Å². The smallest absolute Gasteiger partial charge is 0.197 e. The molecule has 0 radical (unpaired) electrons. The Hall–Kier alpha value is -2.22. The van der Waals surface area contributed by atoms with E-state index in [4.69, 9.17) is 19.3 Å². The normalized spacial score (nSPS) is 18.1. The molecule has 1 aliphatic rings. The molecule has 0 spiro atoms. The first-order chi connectivity index (χ1) is 15.5. The Morgan fingerprint density at radius 3 is 2.50 bits per heavy atom. The van der Waals surface area contributed by atoms with Gasteiger partial charge in [-0.2, -0.15) is 5.10 Å². The molecule has 3 aromatic rings. The van der Waals surface area contributed by atoms with Gasteiger partial charge in [0.1, 0.15) is 17.0 Å². The summed E-state index contributed by atoms with van der Waals surface area (Å²) in [6.45, 7) is 6.12. The second-order valence-corrected chi connectivity index (χ2v) is 9.36. The van der Waals surface area contributed by atoms with Crippen molar-refractivity contribution in [2.75, 3.05) is 40.7 Å². The van der Waals surface area contributed by atoms with Crippen molar-refractivity contribution in [1.29, 1.82) is 0 Å². The van der Waals surface area contributed by atoms with Gasteiger partial charge in [0.05, 0.1) is 45.7 Å². The highest BCUT2D eigenvalue weighted by molar-refractivity contribution is 7.98. The topological polar surface area (TPSA) is 45.0 Å². The molecule has 0 amide bonds. The summed E-state index contributed by atoms with van der Waals surface area (Å²) >= 11 is 1.69. The number of aromatic nitrogens is 2. The average Bonchev–Trinajstić information content (AvgIpc) is 3.47. The van der Waals surface area contributed by atoms with Gasteiger partial charge < -0.3 is 14.2 Å². The van der Waals surface area contributed by atoms with Crippen LogP contribution in [-0.4, -0.2) is 56.5 Å². The van der Waals surface area contributed by atoms with Gasteiger partial charge in [0.15, 0.2) is 16.9 Å². The number of nitrogens with zero attached hydrogens (tertiary/aromatic N) is 3. The number of rotatable bonds is 8. The highest BCUT2D eigenvalue weighted by Gasteiger charge is 2.42. The highest BCUT2D eigenvalue weighted by atomic mass is 32.2.